The van der Waals surface area contributed by atoms with Crippen LogP contribution in [0.5, 0.6) is 5.75 Å². The number of ether oxygens (including phenoxy) is 2. The third kappa shape index (κ3) is 5.68. The van der Waals surface area contributed by atoms with Gasteiger partial charge in [0.2, 0.25) is 0 Å². The molecule has 0 unspecified atom stereocenters. The predicted molar refractivity (Wildman–Crippen MR) is 142 cm³/mol. The Balaban J connectivity index is 1.35. The van der Waals surface area contributed by atoms with Crippen molar-refractivity contribution in [2.75, 3.05) is 32.9 Å². The van der Waals surface area contributed by atoms with E-state index in [2.05, 4.69) is 21.0 Å². The van der Waals surface area contributed by atoms with Gasteiger partial charge in [0, 0.05) is 23.5 Å². The Kier molecular flexibility index (Phi) is 7.77. The van der Waals surface area contributed by atoms with Gasteiger partial charge in [-0.1, -0.05) is 35.2 Å². The smallest absolute Gasteiger partial charge is 0.282 e. The third-order valence-corrected chi connectivity index (χ3v) is 7.23. The van der Waals surface area contributed by atoms with E-state index in [4.69, 9.17) is 14.5 Å². The van der Waals surface area contributed by atoms with Gasteiger partial charge in [-0.3, -0.25) is 9.59 Å². The second kappa shape index (κ2) is 11.3. The van der Waals surface area contributed by atoms with E-state index in [9.17, 15) is 9.59 Å². The van der Waals surface area contributed by atoms with Crippen LogP contribution in [0.25, 0.3) is 10.9 Å². The summed E-state index contributed by atoms with van der Waals surface area (Å²) in [5.74, 6) is 1.50. The van der Waals surface area contributed by atoms with Crippen LogP contribution in [0.2, 0.25) is 0 Å². The zero-order valence-corrected chi connectivity index (χ0v) is 21.7. The van der Waals surface area contributed by atoms with Crippen molar-refractivity contribution >= 4 is 39.0 Å². The molecule has 0 spiro atoms. The van der Waals surface area contributed by atoms with Crippen molar-refractivity contribution in [2.45, 2.75) is 38.0 Å². The van der Waals surface area contributed by atoms with Crippen LogP contribution in [0.15, 0.2) is 56.8 Å². The molecule has 2 aromatic carbocycles. The zero-order valence-electron chi connectivity index (χ0n) is 20.1. The normalized spacial score (nSPS) is 17.1. The fraction of sp³-hybridized carbons (Fsp3) is 0.407. The quantitative estimate of drug-likeness (QED) is 0.425. The molecule has 1 aliphatic carbocycles. The number of morpholine rings is 1. The molecular formula is C27H29BrN4O4. The maximum absolute atomic E-state index is 13.4. The van der Waals surface area contributed by atoms with Gasteiger partial charge in [-0.25, -0.2) is 4.98 Å². The van der Waals surface area contributed by atoms with Gasteiger partial charge in [0.05, 0.1) is 30.3 Å². The topological polar surface area (TPSA) is 86.0 Å². The average Bonchev–Trinajstić information content (AvgIpc) is 2.93. The lowest BCUT2D eigenvalue weighted by Gasteiger charge is -2.26. The number of hydrogen-bond acceptors (Lipinski definition) is 6. The van der Waals surface area contributed by atoms with Crippen molar-refractivity contribution in [2.24, 2.45) is 5.10 Å². The molecule has 0 atom stereocenters. The first kappa shape index (κ1) is 24.6. The van der Waals surface area contributed by atoms with Gasteiger partial charge in [-0.2, -0.15) is 9.78 Å². The number of fused-ring (bicyclic) bond motifs is 1. The summed E-state index contributed by atoms with van der Waals surface area (Å²) in [6.45, 7) is 2.32. The van der Waals surface area contributed by atoms with Crippen molar-refractivity contribution in [3.8, 4) is 5.75 Å². The first-order valence-electron chi connectivity index (χ1n) is 12.4. The Labute approximate surface area is 218 Å². The minimum atomic E-state index is -0.167. The molecular weight excluding hydrogens is 524 g/mol. The van der Waals surface area contributed by atoms with Gasteiger partial charge >= 0.3 is 0 Å². The molecule has 0 bridgehead atoms. The van der Waals surface area contributed by atoms with E-state index in [1.165, 1.54) is 11.1 Å². The Hall–Kier alpha value is -3.04. The van der Waals surface area contributed by atoms with E-state index in [0.29, 0.717) is 43.0 Å². The number of amides is 1. The van der Waals surface area contributed by atoms with E-state index in [1.807, 2.05) is 24.3 Å². The second-order valence-electron chi connectivity index (χ2n) is 9.18. The molecule has 5 rings (SSSR count). The summed E-state index contributed by atoms with van der Waals surface area (Å²) < 4.78 is 13.3. The molecule has 0 radical (unpaired) electrons. The van der Waals surface area contributed by atoms with Crippen LogP contribution < -0.4 is 10.3 Å². The summed E-state index contributed by atoms with van der Waals surface area (Å²) in [5, 5.41) is 5.12. The lowest BCUT2D eigenvalue weighted by Crippen LogP contribution is -2.42. The van der Waals surface area contributed by atoms with Gasteiger partial charge in [-0.15, -0.1) is 0 Å². The summed E-state index contributed by atoms with van der Waals surface area (Å²) in [7, 11) is 0. The summed E-state index contributed by atoms with van der Waals surface area (Å²) in [5.41, 5.74) is 1.35. The van der Waals surface area contributed by atoms with Crippen molar-refractivity contribution in [1.82, 2.24) is 14.6 Å². The molecule has 2 fully saturated rings. The molecule has 0 N–H and O–H groups in total. The molecule has 36 heavy (non-hydrogen) atoms. The number of aromatic nitrogens is 2. The number of carbonyl (C=O) groups excluding carboxylic acids is 1. The molecule has 1 amide bonds. The average molecular weight is 553 g/mol. The number of hydrogen-bond donors (Lipinski definition) is 0. The Morgan fingerprint density at radius 3 is 2.61 bits per heavy atom. The Morgan fingerprint density at radius 1 is 1.11 bits per heavy atom. The number of rotatable bonds is 6. The van der Waals surface area contributed by atoms with Crippen LogP contribution >= 0.6 is 15.9 Å². The van der Waals surface area contributed by atoms with Gasteiger partial charge < -0.3 is 14.4 Å². The van der Waals surface area contributed by atoms with Crippen LogP contribution in [0.4, 0.5) is 0 Å². The van der Waals surface area contributed by atoms with Crippen molar-refractivity contribution < 1.29 is 14.3 Å². The van der Waals surface area contributed by atoms with E-state index in [-0.39, 0.29) is 24.0 Å². The van der Waals surface area contributed by atoms with Crippen LogP contribution in [-0.2, 0) is 9.53 Å². The van der Waals surface area contributed by atoms with Gasteiger partial charge in [0.1, 0.15) is 11.6 Å². The highest BCUT2D eigenvalue weighted by Gasteiger charge is 2.22. The largest absolute Gasteiger partial charge is 0.484 e. The van der Waals surface area contributed by atoms with Crippen LogP contribution in [-0.4, -0.2) is 59.6 Å². The fourth-order valence-corrected chi connectivity index (χ4v) is 5.09. The molecule has 2 heterocycles. The molecule has 188 valence electrons. The fourth-order valence-electron chi connectivity index (χ4n) is 4.73. The molecule has 8 nitrogen and oxygen atoms in total. The van der Waals surface area contributed by atoms with E-state index >= 15 is 0 Å². The highest BCUT2D eigenvalue weighted by Crippen LogP contribution is 2.32. The molecule has 1 saturated carbocycles. The number of nitrogens with zero attached hydrogens (tertiary/aromatic N) is 4. The third-order valence-electron chi connectivity index (χ3n) is 6.73. The first-order valence-corrected chi connectivity index (χ1v) is 13.2. The molecule has 2 aliphatic rings. The van der Waals surface area contributed by atoms with Crippen molar-refractivity contribution in [1.29, 1.82) is 0 Å². The monoisotopic (exact) mass is 552 g/mol. The lowest BCUT2D eigenvalue weighted by molar-refractivity contribution is -0.137. The second-order valence-corrected chi connectivity index (χ2v) is 10.1. The molecule has 9 heteroatoms. The summed E-state index contributed by atoms with van der Waals surface area (Å²) in [6.07, 6.45) is 7.19. The van der Waals surface area contributed by atoms with Gasteiger partial charge in [0.15, 0.2) is 6.61 Å². The van der Waals surface area contributed by atoms with Gasteiger partial charge in [-0.05, 0) is 60.9 Å². The Morgan fingerprint density at radius 2 is 1.86 bits per heavy atom. The minimum Gasteiger partial charge on any atom is -0.484 e. The van der Waals surface area contributed by atoms with Crippen LogP contribution in [0.1, 0.15) is 49.4 Å². The maximum Gasteiger partial charge on any atom is 0.282 e. The van der Waals surface area contributed by atoms with Crippen molar-refractivity contribution in [3.63, 3.8) is 0 Å². The highest BCUT2D eigenvalue weighted by molar-refractivity contribution is 9.10. The zero-order chi connectivity index (χ0) is 24.9. The minimum absolute atomic E-state index is 0.00804. The van der Waals surface area contributed by atoms with E-state index < -0.39 is 0 Å². The van der Waals surface area contributed by atoms with Gasteiger partial charge in [0.25, 0.3) is 11.5 Å². The molecule has 1 saturated heterocycles. The summed E-state index contributed by atoms with van der Waals surface area (Å²) in [4.78, 5) is 32.3. The predicted octanol–water partition coefficient (Wildman–Crippen LogP) is 4.33. The highest BCUT2D eigenvalue weighted by atomic mass is 79.9. The van der Waals surface area contributed by atoms with E-state index in [1.54, 1.807) is 29.3 Å². The number of halogens is 1. The maximum atomic E-state index is 13.4. The van der Waals surface area contributed by atoms with E-state index in [0.717, 1.165) is 41.5 Å². The summed E-state index contributed by atoms with van der Waals surface area (Å²) >= 11 is 3.46. The van der Waals surface area contributed by atoms with Crippen LogP contribution in [0, 0.1) is 0 Å². The molecule has 3 aromatic rings. The van der Waals surface area contributed by atoms with Crippen LogP contribution in [0.3, 0.4) is 0 Å². The first-order chi connectivity index (χ1) is 17.6. The lowest BCUT2D eigenvalue weighted by atomic mass is 9.88. The van der Waals surface area contributed by atoms with Crippen molar-refractivity contribution in [3.05, 3.63) is 68.7 Å². The summed E-state index contributed by atoms with van der Waals surface area (Å²) in [6, 6.07) is 12.9. The number of carbonyl (C=O) groups is 1. The SMILES string of the molecule is O=C(COc1ccc(C=Nn2c(C3CCCCC3)nc3ccc(Br)cc3c2=O)cc1)N1CCOCC1. The number of benzene rings is 2. The Bertz CT molecular complexity index is 1310. The standard InChI is InChI=1S/C27H29BrN4O4/c28-21-8-11-24-23(16-21)27(34)32(26(30-24)20-4-2-1-3-5-20)29-17-19-6-9-22(10-7-19)36-18-25(33)31-12-14-35-15-13-31/h6-11,16-17,20H,1-5,12-15,18H2. The molecule has 1 aliphatic heterocycles. The molecule has 1 aromatic heterocycles.